The van der Waals surface area contributed by atoms with Crippen LogP contribution in [0.4, 0.5) is 0 Å². The minimum Gasteiger partial charge on any atom is -0.481 e. The number of ether oxygens (including phenoxy) is 1. The molecule has 0 spiro atoms. The first-order valence-electron chi connectivity index (χ1n) is 7.55. The number of aromatic nitrogens is 2. The topological polar surface area (TPSA) is 59.3 Å². The molecule has 0 aliphatic carbocycles. The van der Waals surface area contributed by atoms with Gasteiger partial charge in [0.1, 0.15) is 0 Å². The molecule has 2 unspecified atom stereocenters. The highest BCUT2D eigenvalue weighted by molar-refractivity contribution is 5.30. The first-order valence-corrected chi connectivity index (χ1v) is 7.55. The molecular weight excluding hydrogens is 278 g/mol. The molecule has 0 amide bonds. The van der Waals surface area contributed by atoms with Gasteiger partial charge in [-0.2, -0.15) is 5.10 Å². The monoisotopic (exact) mass is 303 g/mol. The second-order valence-electron chi connectivity index (χ2n) is 5.64. The predicted molar refractivity (Wildman–Crippen MR) is 86.8 cm³/mol. The summed E-state index contributed by atoms with van der Waals surface area (Å²) in [7, 11) is 3.53. The van der Waals surface area contributed by atoms with Gasteiger partial charge in [0.05, 0.1) is 24.5 Å². The van der Waals surface area contributed by atoms with Crippen molar-refractivity contribution in [3.05, 3.63) is 47.2 Å². The van der Waals surface area contributed by atoms with Crippen molar-refractivity contribution in [2.45, 2.75) is 39.0 Å². The third kappa shape index (κ3) is 3.87. The third-order valence-electron chi connectivity index (χ3n) is 3.87. The zero-order valence-electron chi connectivity index (χ0n) is 13.7. The Kier molecular flexibility index (Phi) is 5.57. The fraction of sp³-hybridized carbons (Fsp3) is 0.471. The Bertz CT molecular complexity index is 595. The second-order valence-corrected chi connectivity index (χ2v) is 5.64. The van der Waals surface area contributed by atoms with Gasteiger partial charge >= 0.3 is 0 Å². The molecule has 0 fully saturated rings. The van der Waals surface area contributed by atoms with Crippen LogP contribution in [-0.2, 0) is 13.6 Å². The van der Waals surface area contributed by atoms with E-state index in [1.165, 1.54) is 0 Å². The van der Waals surface area contributed by atoms with Crippen LogP contribution in [0.15, 0.2) is 30.3 Å². The average Bonchev–Trinajstić information content (AvgIpc) is 2.79. The first kappa shape index (κ1) is 16.5. The van der Waals surface area contributed by atoms with Crippen molar-refractivity contribution in [3.63, 3.8) is 0 Å². The summed E-state index contributed by atoms with van der Waals surface area (Å²) in [6, 6.07) is 9.92. The maximum atomic E-state index is 10.3. The molecule has 2 atom stereocenters. The second kappa shape index (κ2) is 7.42. The number of aliphatic hydroxyl groups is 1. The molecule has 0 bridgehead atoms. The van der Waals surface area contributed by atoms with E-state index >= 15 is 0 Å². The van der Waals surface area contributed by atoms with Gasteiger partial charge < -0.3 is 15.2 Å². The van der Waals surface area contributed by atoms with Crippen molar-refractivity contribution in [1.29, 1.82) is 0 Å². The van der Waals surface area contributed by atoms with Crippen LogP contribution in [0.3, 0.4) is 0 Å². The van der Waals surface area contributed by atoms with Crippen LogP contribution in [0.25, 0.3) is 0 Å². The van der Waals surface area contributed by atoms with Gasteiger partial charge in [-0.1, -0.05) is 30.3 Å². The molecule has 0 aliphatic rings. The van der Waals surface area contributed by atoms with Gasteiger partial charge in [-0.25, -0.2) is 4.68 Å². The van der Waals surface area contributed by atoms with Crippen LogP contribution >= 0.6 is 0 Å². The molecule has 2 aromatic rings. The fourth-order valence-electron chi connectivity index (χ4n) is 2.65. The summed E-state index contributed by atoms with van der Waals surface area (Å²) in [5.41, 5.74) is 2.97. The summed E-state index contributed by atoms with van der Waals surface area (Å²) in [6.07, 6.45) is 0.201. The highest BCUT2D eigenvalue weighted by Crippen LogP contribution is 2.22. The van der Waals surface area contributed by atoms with E-state index in [0.29, 0.717) is 13.0 Å². The van der Waals surface area contributed by atoms with Crippen LogP contribution in [0.2, 0.25) is 0 Å². The zero-order valence-corrected chi connectivity index (χ0v) is 13.7. The molecule has 0 saturated heterocycles. The van der Waals surface area contributed by atoms with Gasteiger partial charge in [-0.3, -0.25) is 0 Å². The van der Waals surface area contributed by atoms with Gasteiger partial charge in [0, 0.05) is 19.6 Å². The number of nitrogens with zero attached hydrogens (tertiary/aromatic N) is 2. The summed E-state index contributed by atoms with van der Waals surface area (Å²) in [5.74, 6) is 0.779. The van der Waals surface area contributed by atoms with E-state index in [9.17, 15) is 5.11 Å². The van der Waals surface area contributed by atoms with Gasteiger partial charge in [0.2, 0.25) is 5.88 Å². The normalized spacial score (nSPS) is 13.9. The average molecular weight is 303 g/mol. The van der Waals surface area contributed by atoms with E-state index in [1.807, 2.05) is 44.3 Å². The van der Waals surface area contributed by atoms with Crippen molar-refractivity contribution in [2.24, 2.45) is 7.05 Å². The molecule has 0 radical (unpaired) electrons. The van der Waals surface area contributed by atoms with Gasteiger partial charge in [0.25, 0.3) is 0 Å². The van der Waals surface area contributed by atoms with E-state index in [1.54, 1.807) is 11.8 Å². The number of aliphatic hydroxyl groups excluding tert-OH is 1. The Morgan fingerprint density at radius 3 is 2.64 bits per heavy atom. The summed E-state index contributed by atoms with van der Waals surface area (Å²) in [4.78, 5) is 0. The van der Waals surface area contributed by atoms with Crippen molar-refractivity contribution in [2.75, 3.05) is 7.11 Å². The van der Waals surface area contributed by atoms with Crippen molar-refractivity contribution >= 4 is 0 Å². The highest BCUT2D eigenvalue weighted by Gasteiger charge is 2.16. The fourth-order valence-corrected chi connectivity index (χ4v) is 2.65. The smallest absolute Gasteiger partial charge is 0.216 e. The maximum Gasteiger partial charge on any atom is 0.216 e. The molecule has 1 heterocycles. The Labute approximate surface area is 131 Å². The lowest BCUT2D eigenvalue weighted by Crippen LogP contribution is -2.27. The van der Waals surface area contributed by atoms with E-state index < -0.39 is 6.10 Å². The molecule has 120 valence electrons. The first-order chi connectivity index (χ1) is 10.5. The molecular formula is C17H25N3O2. The molecule has 0 aliphatic heterocycles. The lowest BCUT2D eigenvalue weighted by Gasteiger charge is -2.18. The Morgan fingerprint density at radius 2 is 2.00 bits per heavy atom. The van der Waals surface area contributed by atoms with Crippen LogP contribution in [0.1, 0.15) is 36.3 Å². The zero-order chi connectivity index (χ0) is 16.1. The number of hydrogen-bond acceptors (Lipinski definition) is 4. The molecule has 2 rings (SSSR count). The minimum absolute atomic E-state index is 0.180. The van der Waals surface area contributed by atoms with Gasteiger partial charge in [-0.15, -0.1) is 0 Å². The predicted octanol–water partition coefficient (Wildman–Crippen LogP) is 2.34. The lowest BCUT2D eigenvalue weighted by atomic mass is 10.0. The number of benzene rings is 1. The molecule has 1 aromatic heterocycles. The van der Waals surface area contributed by atoms with E-state index in [0.717, 1.165) is 22.7 Å². The SMILES string of the molecule is COc1c(CNC(C)CC(O)c2ccccc2)c(C)nn1C. The molecule has 5 nitrogen and oxygen atoms in total. The third-order valence-corrected chi connectivity index (χ3v) is 3.87. The summed E-state index contributed by atoms with van der Waals surface area (Å²) in [5, 5.41) is 18.1. The molecule has 5 heteroatoms. The molecule has 0 saturated carbocycles. The van der Waals surface area contributed by atoms with Crippen molar-refractivity contribution in [3.8, 4) is 5.88 Å². The van der Waals surface area contributed by atoms with Crippen LogP contribution in [0, 0.1) is 6.92 Å². The highest BCUT2D eigenvalue weighted by atomic mass is 16.5. The number of hydrogen-bond donors (Lipinski definition) is 2. The summed E-state index contributed by atoms with van der Waals surface area (Å²) >= 11 is 0. The Morgan fingerprint density at radius 1 is 1.32 bits per heavy atom. The Hall–Kier alpha value is -1.85. The summed E-state index contributed by atoms with van der Waals surface area (Å²) < 4.78 is 7.14. The van der Waals surface area contributed by atoms with Gasteiger partial charge in [-0.05, 0) is 25.8 Å². The van der Waals surface area contributed by atoms with Gasteiger partial charge in [0.15, 0.2) is 0 Å². The number of rotatable bonds is 7. The van der Waals surface area contributed by atoms with Crippen molar-refractivity contribution in [1.82, 2.24) is 15.1 Å². The number of nitrogens with one attached hydrogen (secondary N) is 1. The van der Waals surface area contributed by atoms with Crippen LogP contribution < -0.4 is 10.1 Å². The quantitative estimate of drug-likeness (QED) is 0.824. The number of methoxy groups -OCH3 is 1. The minimum atomic E-state index is -0.458. The van der Waals surface area contributed by atoms with E-state index in [-0.39, 0.29) is 6.04 Å². The van der Waals surface area contributed by atoms with E-state index in [4.69, 9.17) is 4.74 Å². The van der Waals surface area contributed by atoms with Crippen molar-refractivity contribution < 1.29 is 9.84 Å². The molecule has 1 aromatic carbocycles. The molecule has 2 N–H and O–H groups in total. The Balaban J connectivity index is 1.92. The largest absolute Gasteiger partial charge is 0.481 e. The molecule has 22 heavy (non-hydrogen) atoms. The lowest BCUT2D eigenvalue weighted by molar-refractivity contribution is 0.154. The maximum absolute atomic E-state index is 10.3. The number of aryl methyl sites for hydroxylation is 2. The van der Waals surface area contributed by atoms with Crippen LogP contribution in [0.5, 0.6) is 5.88 Å². The van der Waals surface area contributed by atoms with E-state index in [2.05, 4.69) is 17.3 Å². The van der Waals surface area contributed by atoms with Crippen LogP contribution in [-0.4, -0.2) is 28.0 Å². The standard InChI is InChI=1S/C17H25N3O2/c1-12(10-16(21)14-8-6-5-7-9-14)18-11-15-13(2)19-20(3)17(15)22-4/h5-9,12,16,18,21H,10-11H2,1-4H3. The summed E-state index contributed by atoms with van der Waals surface area (Å²) in [6.45, 7) is 4.72.